The van der Waals surface area contributed by atoms with Gasteiger partial charge in [-0.05, 0) is 13.3 Å². The van der Waals surface area contributed by atoms with Gasteiger partial charge in [-0.2, -0.15) is 0 Å². The van der Waals surface area contributed by atoms with Gasteiger partial charge >= 0.3 is 5.97 Å². The summed E-state index contributed by atoms with van der Waals surface area (Å²) in [6.07, 6.45) is 0.736. The Morgan fingerprint density at radius 1 is 1.38 bits per heavy atom. The van der Waals surface area contributed by atoms with Crippen LogP contribution in [0.5, 0.6) is 0 Å². The highest BCUT2D eigenvalue weighted by Crippen LogP contribution is 1.90. The van der Waals surface area contributed by atoms with Crippen LogP contribution in [0.25, 0.3) is 0 Å². The molecule has 3 N–H and O–H groups in total. The van der Waals surface area contributed by atoms with Gasteiger partial charge in [-0.25, -0.2) is 13.1 Å². The number of hydrogen-bond acceptors (Lipinski definition) is 4. The van der Waals surface area contributed by atoms with Crippen LogP contribution >= 0.6 is 0 Å². The third-order valence-corrected chi connectivity index (χ3v) is 2.95. The second-order valence-corrected chi connectivity index (χ2v) is 5.04. The molecule has 0 aromatic rings. The fourth-order valence-electron chi connectivity index (χ4n) is 0.928. The standard InChI is InChI=1S/C8H16N2O5S/c1-3-4-9-8(13)6(2)10-16(14,15)5-7(11)12/h6,10H,3-5H2,1-2H3,(H,9,13)(H,11,12). The first kappa shape index (κ1) is 14.8. The number of carboxylic acids is 1. The van der Waals surface area contributed by atoms with Crippen LogP contribution in [0, 0.1) is 0 Å². The Kier molecular flexibility index (Phi) is 5.97. The van der Waals surface area contributed by atoms with Gasteiger partial charge in [0.2, 0.25) is 15.9 Å². The largest absolute Gasteiger partial charge is 0.480 e. The van der Waals surface area contributed by atoms with E-state index in [0.717, 1.165) is 6.42 Å². The lowest BCUT2D eigenvalue weighted by Gasteiger charge is -2.12. The van der Waals surface area contributed by atoms with Crippen molar-refractivity contribution in [3.05, 3.63) is 0 Å². The molecule has 0 bridgehead atoms. The molecule has 0 aromatic heterocycles. The van der Waals surface area contributed by atoms with Crippen molar-refractivity contribution in [1.29, 1.82) is 0 Å². The van der Waals surface area contributed by atoms with E-state index in [1.54, 1.807) is 0 Å². The molecule has 0 saturated carbocycles. The van der Waals surface area contributed by atoms with E-state index >= 15 is 0 Å². The Balaban J connectivity index is 4.27. The zero-order valence-electron chi connectivity index (χ0n) is 9.19. The predicted octanol–water partition coefficient (Wildman–Crippen LogP) is -1.09. The molecule has 8 heteroatoms. The van der Waals surface area contributed by atoms with Crippen molar-refractivity contribution < 1.29 is 23.1 Å². The summed E-state index contributed by atoms with van der Waals surface area (Å²) in [6, 6.07) is -0.976. The maximum atomic E-state index is 11.3. The summed E-state index contributed by atoms with van der Waals surface area (Å²) < 4.78 is 24.3. The first-order valence-corrected chi connectivity index (χ1v) is 6.43. The van der Waals surface area contributed by atoms with Crippen molar-refractivity contribution in [2.75, 3.05) is 12.3 Å². The fourth-order valence-corrected chi connectivity index (χ4v) is 1.98. The van der Waals surface area contributed by atoms with E-state index in [4.69, 9.17) is 5.11 Å². The number of rotatable bonds is 7. The maximum absolute atomic E-state index is 11.3. The van der Waals surface area contributed by atoms with Crippen LogP contribution in [0.15, 0.2) is 0 Å². The molecule has 0 radical (unpaired) electrons. The molecule has 1 amide bonds. The number of carbonyl (C=O) groups excluding carboxylic acids is 1. The van der Waals surface area contributed by atoms with Crippen LogP contribution < -0.4 is 10.0 Å². The van der Waals surface area contributed by atoms with E-state index in [1.807, 2.05) is 11.6 Å². The molecule has 0 spiro atoms. The predicted molar refractivity (Wildman–Crippen MR) is 57.3 cm³/mol. The van der Waals surface area contributed by atoms with Crippen LogP contribution in [-0.4, -0.2) is 43.7 Å². The summed E-state index contributed by atoms with van der Waals surface area (Å²) >= 11 is 0. The molecule has 0 rings (SSSR count). The van der Waals surface area contributed by atoms with Crippen molar-refractivity contribution >= 4 is 21.9 Å². The number of aliphatic carboxylic acids is 1. The Morgan fingerprint density at radius 2 is 1.94 bits per heavy atom. The first-order valence-electron chi connectivity index (χ1n) is 4.78. The minimum Gasteiger partial charge on any atom is -0.480 e. The van der Waals surface area contributed by atoms with Crippen LogP contribution in [0.2, 0.25) is 0 Å². The van der Waals surface area contributed by atoms with E-state index in [9.17, 15) is 18.0 Å². The van der Waals surface area contributed by atoms with Crippen molar-refractivity contribution in [2.45, 2.75) is 26.3 Å². The highest BCUT2D eigenvalue weighted by molar-refractivity contribution is 7.90. The van der Waals surface area contributed by atoms with Crippen molar-refractivity contribution in [1.82, 2.24) is 10.0 Å². The lowest BCUT2D eigenvalue weighted by atomic mass is 10.3. The number of hydrogen-bond donors (Lipinski definition) is 3. The van der Waals surface area contributed by atoms with Gasteiger partial charge in [0.1, 0.15) is 0 Å². The third-order valence-electron chi connectivity index (χ3n) is 1.61. The minimum atomic E-state index is -3.96. The van der Waals surface area contributed by atoms with Crippen LogP contribution in [-0.2, 0) is 19.6 Å². The second-order valence-electron chi connectivity index (χ2n) is 3.28. The van der Waals surface area contributed by atoms with Crippen molar-refractivity contribution in [3.63, 3.8) is 0 Å². The Bertz CT molecular complexity index is 351. The SMILES string of the molecule is CCCNC(=O)C(C)NS(=O)(=O)CC(=O)O. The lowest BCUT2D eigenvalue weighted by Crippen LogP contribution is -2.46. The number of carbonyl (C=O) groups is 2. The van der Waals surface area contributed by atoms with Crippen LogP contribution in [0.3, 0.4) is 0 Å². The maximum Gasteiger partial charge on any atom is 0.320 e. The van der Waals surface area contributed by atoms with Gasteiger partial charge in [0.05, 0.1) is 6.04 Å². The van der Waals surface area contributed by atoms with E-state index in [-0.39, 0.29) is 0 Å². The average Bonchev–Trinajstić information content (AvgIpc) is 2.10. The Morgan fingerprint density at radius 3 is 2.38 bits per heavy atom. The quantitative estimate of drug-likeness (QED) is 0.532. The number of amides is 1. The number of carboxylic acid groups (broad SMARTS) is 1. The van der Waals surface area contributed by atoms with Gasteiger partial charge in [-0.15, -0.1) is 0 Å². The topological polar surface area (TPSA) is 113 Å². The summed E-state index contributed by atoms with van der Waals surface area (Å²) in [7, 11) is -3.96. The van der Waals surface area contributed by atoms with E-state index in [2.05, 4.69) is 5.32 Å². The van der Waals surface area contributed by atoms with Gasteiger partial charge in [0, 0.05) is 6.54 Å². The normalized spacial score (nSPS) is 13.1. The highest BCUT2D eigenvalue weighted by atomic mass is 32.2. The molecule has 16 heavy (non-hydrogen) atoms. The molecular formula is C8H16N2O5S. The molecule has 94 valence electrons. The zero-order valence-corrected chi connectivity index (χ0v) is 10.0. The lowest BCUT2D eigenvalue weighted by molar-refractivity contribution is -0.134. The summed E-state index contributed by atoms with van der Waals surface area (Å²) in [5.74, 6) is -2.98. The first-order chi connectivity index (χ1) is 7.28. The van der Waals surface area contributed by atoms with E-state index < -0.39 is 33.7 Å². The average molecular weight is 252 g/mol. The minimum absolute atomic E-state index is 0.448. The summed E-state index contributed by atoms with van der Waals surface area (Å²) in [6.45, 7) is 3.66. The molecule has 0 aromatic carbocycles. The zero-order chi connectivity index (χ0) is 12.8. The van der Waals surface area contributed by atoms with Gasteiger partial charge in [0.15, 0.2) is 5.75 Å². The van der Waals surface area contributed by atoms with Crippen molar-refractivity contribution in [2.24, 2.45) is 0 Å². The third kappa shape index (κ3) is 6.36. The van der Waals surface area contributed by atoms with E-state index in [1.165, 1.54) is 6.92 Å². The Hall–Kier alpha value is -1.15. The van der Waals surface area contributed by atoms with Gasteiger partial charge in [0.25, 0.3) is 0 Å². The highest BCUT2D eigenvalue weighted by Gasteiger charge is 2.22. The van der Waals surface area contributed by atoms with Gasteiger partial charge in [-0.3, -0.25) is 9.59 Å². The smallest absolute Gasteiger partial charge is 0.320 e. The van der Waals surface area contributed by atoms with Crippen molar-refractivity contribution in [3.8, 4) is 0 Å². The molecule has 7 nitrogen and oxygen atoms in total. The fraction of sp³-hybridized carbons (Fsp3) is 0.750. The number of nitrogens with one attached hydrogen (secondary N) is 2. The molecule has 0 fully saturated rings. The van der Waals surface area contributed by atoms with E-state index in [0.29, 0.717) is 6.54 Å². The second kappa shape index (κ2) is 6.44. The monoisotopic (exact) mass is 252 g/mol. The molecule has 1 atom stereocenters. The molecular weight excluding hydrogens is 236 g/mol. The summed E-state index contributed by atoms with van der Waals surface area (Å²) in [5.41, 5.74) is 0. The van der Waals surface area contributed by atoms with Crippen LogP contribution in [0.4, 0.5) is 0 Å². The van der Waals surface area contributed by atoms with Gasteiger partial charge in [-0.1, -0.05) is 6.92 Å². The number of sulfonamides is 1. The van der Waals surface area contributed by atoms with Crippen LogP contribution in [0.1, 0.15) is 20.3 Å². The Labute approximate surface area is 94.3 Å². The molecule has 0 saturated heterocycles. The molecule has 1 unspecified atom stereocenters. The summed E-state index contributed by atoms with van der Waals surface area (Å²) in [5, 5.41) is 10.8. The summed E-state index contributed by atoms with van der Waals surface area (Å²) in [4.78, 5) is 21.5. The molecule has 0 aliphatic rings. The molecule has 0 heterocycles. The molecule has 0 aliphatic heterocycles. The molecule has 0 aliphatic carbocycles. The van der Waals surface area contributed by atoms with Gasteiger partial charge < -0.3 is 10.4 Å².